The van der Waals surface area contributed by atoms with Crippen LogP contribution in [0.4, 0.5) is 0 Å². The second kappa shape index (κ2) is 3.67. The predicted octanol–water partition coefficient (Wildman–Crippen LogP) is 1.29. The van der Waals surface area contributed by atoms with Crippen molar-refractivity contribution >= 4 is 0 Å². The van der Waals surface area contributed by atoms with Crippen LogP contribution in [-0.2, 0) is 13.1 Å². The van der Waals surface area contributed by atoms with Gasteiger partial charge in [-0.3, -0.25) is 0 Å². The summed E-state index contributed by atoms with van der Waals surface area (Å²) < 4.78 is 7.52. The second-order valence-corrected chi connectivity index (χ2v) is 3.26. The van der Waals surface area contributed by atoms with Crippen molar-refractivity contribution < 1.29 is 4.42 Å². The first-order valence-electron chi connectivity index (χ1n) is 4.53. The van der Waals surface area contributed by atoms with Gasteiger partial charge in [0.05, 0.1) is 19.4 Å². The van der Waals surface area contributed by atoms with Crippen LogP contribution in [0.5, 0.6) is 0 Å². The standard InChI is InChI=1S/C10H13N3O/c1-8-4-9(14-10(8)5-11)6-13-3-2-12-7-13/h2-4,7H,5-6,11H2,1H3. The Morgan fingerprint density at radius 3 is 3.00 bits per heavy atom. The van der Waals surface area contributed by atoms with E-state index < -0.39 is 0 Å². The number of hydrogen-bond acceptors (Lipinski definition) is 3. The largest absolute Gasteiger partial charge is 0.463 e. The Labute approximate surface area is 82.4 Å². The summed E-state index contributed by atoms with van der Waals surface area (Å²) in [5.74, 6) is 1.78. The van der Waals surface area contributed by atoms with E-state index in [9.17, 15) is 0 Å². The van der Waals surface area contributed by atoms with Crippen LogP contribution < -0.4 is 5.73 Å². The van der Waals surface area contributed by atoms with E-state index in [1.807, 2.05) is 23.8 Å². The molecular formula is C10H13N3O. The summed E-state index contributed by atoms with van der Waals surface area (Å²) >= 11 is 0. The lowest BCUT2D eigenvalue weighted by Crippen LogP contribution is -1.96. The zero-order valence-corrected chi connectivity index (χ0v) is 8.10. The molecule has 0 aromatic carbocycles. The molecule has 0 aliphatic rings. The average molecular weight is 191 g/mol. The maximum absolute atomic E-state index is 5.56. The molecule has 0 bridgehead atoms. The Morgan fingerprint density at radius 1 is 1.57 bits per heavy atom. The molecule has 0 aliphatic carbocycles. The van der Waals surface area contributed by atoms with Gasteiger partial charge in [-0.25, -0.2) is 4.98 Å². The quantitative estimate of drug-likeness (QED) is 0.795. The van der Waals surface area contributed by atoms with Gasteiger partial charge >= 0.3 is 0 Å². The van der Waals surface area contributed by atoms with E-state index in [0.717, 1.165) is 17.1 Å². The molecule has 0 aliphatic heterocycles. The van der Waals surface area contributed by atoms with Crippen molar-refractivity contribution in [3.63, 3.8) is 0 Å². The zero-order chi connectivity index (χ0) is 9.97. The topological polar surface area (TPSA) is 57.0 Å². The van der Waals surface area contributed by atoms with E-state index in [1.54, 1.807) is 12.5 Å². The van der Waals surface area contributed by atoms with Crippen molar-refractivity contribution in [1.29, 1.82) is 0 Å². The Morgan fingerprint density at radius 2 is 2.43 bits per heavy atom. The Kier molecular flexibility index (Phi) is 2.37. The van der Waals surface area contributed by atoms with Crippen molar-refractivity contribution in [2.75, 3.05) is 0 Å². The first kappa shape index (κ1) is 9.02. The third kappa shape index (κ3) is 1.70. The molecule has 2 heterocycles. The Bertz CT molecular complexity index is 403. The normalized spacial score (nSPS) is 10.7. The number of hydrogen-bond donors (Lipinski definition) is 1. The molecule has 2 aromatic heterocycles. The number of furan rings is 1. The fourth-order valence-corrected chi connectivity index (χ4v) is 1.43. The number of aryl methyl sites for hydroxylation is 1. The van der Waals surface area contributed by atoms with Gasteiger partial charge in [-0.1, -0.05) is 0 Å². The Balaban J connectivity index is 2.17. The van der Waals surface area contributed by atoms with Gasteiger partial charge in [-0.05, 0) is 18.6 Å². The highest BCUT2D eigenvalue weighted by Crippen LogP contribution is 2.14. The van der Waals surface area contributed by atoms with Crippen molar-refractivity contribution in [2.45, 2.75) is 20.0 Å². The average Bonchev–Trinajstić information content (AvgIpc) is 2.76. The molecule has 2 aromatic rings. The van der Waals surface area contributed by atoms with Gasteiger partial charge in [-0.15, -0.1) is 0 Å². The predicted molar refractivity (Wildman–Crippen MR) is 52.7 cm³/mol. The molecule has 0 unspecified atom stereocenters. The maximum atomic E-state index is 5.56. The number of nitrogens with two attached hydrogens (primary N) is 1. The summed E-state index contributed by atoms with van der Waals surface area (Å²) in [6.07, 6.45) is 5.42. The number of imidazole rings is 1. The van der Waals surface area contributed by atoms with Crippen LogP contribution in [0.3, 0.4) is 0 Å². The van der Waals surface area contributed by atoms with E-state index in [1.165, 1.54) is 0 Å². The van der Waals surface area contributed by atoms with E-state index in [2.05, 4.69) is 4.98 Å². The van der Waals surface area contributed by atoms with Crippen LogP contribution in [-0.4, -0.2) is 9.55 Å². The highest BCUT2D eigenvalue weighted by atomic mass is 16.3. The lowest BCUT2D eigenvalue weighted by atomic mass is 10.2. The molecule has 0 saturated heterocycles. The van der Waals surface area contributed by atoms with Gasteiger partial charge in [0.1, 0.15) is 11.5 Å². The van der Waals surface area contributed by atoms with Crippen LogP contribution in [0.1, 0.15) is 17.1 Å². The first-order valence-corrected chi connectivity index (χ1v) is 4.53. The minimum atomic E-state index is 0.454. The molecular weight excluding hydrogens is 178 g/mol. The summed E-state index contributed by atoms with van der Waals surface area (Å²) in [6.45, 7) is 3.17. The molecule has 0 spiro atoms. The third-order valence-corrected chi connectivity index (χ3v) is 2.15. The molecule has 14 heavy (non-hydrogen) atoms. The van der Waals surface area contributed by atoms with E-state index in [-0.39, 0.29) is 0 Å². The third-order valence-electron chi connectivity index (χ3n) is 2.15. The smallest absolute Gasteiger partial charge is 0.124 e. The van der Waals surface area contributed by atoms with Crippen LogP contribution in [0.15, 0.2) is 29.2 Å². The first-order chi connectivity index (χ1) is 6.79. The summed E-state index contributed by atoms with van der Waals surface area (Å²) in [4.78, 5) is 3.96. The molecule has 0 saturated carbocycles. The van der Waals surface area contributed by atoms with Crippen LogP contribution >= 0.6 is 0 Å². The van der Waals surface area contributed by atoms with Gasteiger partial charge in [0, 0.05) is 12.4 Å². The zero-order valence-electron chi connectivity index (χ0n) is 8.10. The van der Waals surface area contributed by atoms with Gasteiger partial charge < -0.3 is 14.7 Å². The molecule has 0 radical (unpaired) electrons. The summed E-state index contributed by atoms with van der Waals surface area (Å²) in [7, 11) is 0. The second-order valence-electron chi connectivity index (χ2n) is 3.26. The van der Waals surface area contributed by atoms with Crippen molar-refractivity contribution in [1.82, 2.24) is 9.55 Å². The van der Waals surface area contributed by atoms with Crippen molar-refractivity contribution in [3.05, 3.63) is 41.9 Å². The van der Waals surface area contributed by atoms with Crippen LogP contribution in [0.2, 0.25) is 0 Å². The fraction of sp³-hybridized carbons (Fsp3) is 0.300. The summed E-state index contributed by atoms with van der Waals surface area (Å²) in [6, 6.07) is 2.02. The van der Waals surface area contributed by atoms with Gasteiger partial charge in [-0.2, -0.15) is 0 Å². The van der Waals surface area contributed by atoms with Gasteiger partial charge in [0.2, 0.25) is 0 Å². The molecule has 2 rings (SSSR count). The molecule has 0 fully saturated rings. The van der Waals surface area contributed by atoms with Crippen molar-refractivity contribution in [2.24, 2.45) is 5.73 Å². The highest BCUT2D eigenvalue weighted by Gasteiger charge is 2.05. The van der Waals surface area contributed by atoms with Gasteiger partial charge in [0.25, 0.3) is 0 Å². The molecule has 74 valence electrons. The number of aromatic nitrogens is 2. The number of rotatable bonds is 3. The van der Waals surface area contributed by atoms with E-state index >= 15 is 0 Å². The van der Waals surface area contributed by atoms with Gasteiger partial charge in [0.15, 0.2) is 0 Å². The Hall–Kier alpha value is -1.55. The van der Waals surface area contributed by atoms with E-state index in [0.29, 0.717) is 13.1 Å². The highest BCUT2D eigenvalue weighted by molar-refractivity contribution is 5.20. The minimum absolute atomic E-state index is 0.454. The van der Waals surface area contributed by atoms with E-state index in [4.69, 9.17) is 10.2 Å². The molecule has 4 heteroatoms. The molecule has 2 N–H and O–H groups in total. The van der Waals surface area contributed by atoms with Crippen molar-refractivity contribution in [3.8, 4) is 0 Å². The minimum Gasteiger partial charge on any atom is -0.463 e. The summed E-state index contributed by atoms with van der Waals surface area (Å²) in [5, 5.41) is 0. The molecule has 0 atom stereocenters. The number of nitrogens with zero attached hydrogens (tertiary/aromatic N) is 2. The molecule has 0 amide bonds. The lowest BCUT2D eigenvalue weighted by molar-refractivity contribution is 0.453. The lowest BCUT2D eigenvalue weighted by Gasteiger charge is -1.97. The summed E-state index contributed by atoms with van der Waals surface area (Å²) in [5.41, 5.74) is 6.64. The monoisotopic (exact) mass is 191 g/mol. The van der Waals surface area contributed by atoms with Crippen LogP contribution in [0, 0.1) is 6.92 Å². The molecule has 4 nitrogen and oxygen atoms in total. The fourth-order valence-electron chi connectivity index (χ4n) is 1.43. The maximum Gasteiger partial charge on any atom is 0.124 e. The SMILES string of the molecule is Cc1cc(Cn2ccnc2)oc1CN. The van der Waals surface area contributed by atoms with Crippen LogP contribution in [0.25, 0.3) is 0 Å².